The molecule has 0 bridgehead atoms. The molecule has 7 nitrogen and oxygen atoms in total. The van der Waals surface area contributed by atoms with Crippen molar-refractivity contribution >= 4 is 34.9 Å². The molecule has 0 amide bonds. The Labute approximate surface area is 180 Å². The van der Waals surface area contributed by atoms with Gasteiger partial charge in [-0.1, -0.05) is 12.8 Å². The first-order valence-corrected chi connectivity index (χ1v) is 11.5. The summed E-state index contributed by atoms with van der Waals surface area (Å²) < 4.78 is 5.09. The van der Waals surface area contributed by atoms with Crippen LogP contribution in [0.25, 0.3) is 0 Å². The van der Waals surface area contributed by atoms with E-state index in [4.69, 9.17) is 26.9 Å². The maximum atomic E-state index is 5.46. The molecule has 2 saturated heterocycles. The number of hydrogen-bond acceptors (Lipinski definition) is 6. The van der Waals surface area contributed by atoms with Crippen molar-refractivity contribution in [1.82, 2.24) is 15.3 Å². The lowest BCUT2D eigenvalue weighted by molar-refractivity contribution is 0.196. The Morgan fingerprint density at radius 2 is 1.83 bits per heavy atom. The van der Waals surface area contributed by atoms with E-state index >= 15 is 0 Å². The van der Waals surface area contributed by atoms with Crippen LogP contribution in [0.1, 0.15) is 58.3 Å². The lowest BCUT2D eigenvalue weighted by Gasteiger charge is -2.35. The van der Waals surface area contributed by atoms with Gasteiger partial charge in [0, 0.05) is 52.0 Å². The van der Waals surface area contributed by atoms with Gasteiger partial charge in [0.1, 0.15) is 11.6 Å². The van der Waals surface area contributed by atoms with E-state index in [1.165, 1.54) is 44.9 Å². The first-order chi connectivity index (χ1) is 14.2. The highest BCUT2D eigenvalue weighted by Crippen LogP contribution is 2.28. The van der Waals surface area contributed by atoms with Crippen LogP contribution in [0.15, 0.2) is 6.07 Å². The molecule has 1 atom stereocenters. The van der Waals surface area contributed by atoms with E-state index in [2.05, 4.69) is 33.4 Å². The SMILES string of the molecule is COCCCNC(=S)Nc1nc(N2CCCCCC2)cc(N2CCCC[C@H]2C)n1. The van der Waals surface area contributed by atoms with E-state index in [1.807, 2.05) is 0 Å². The topological polar surface area (TPSA) is 65.6 Å². The summed E-state index contributed by atoms with van der Waals surface area (Å²) in [6, 6.07) is 2.68. The number of thiocarbonyl (C=S) groups is 1. The highest BCUT2D eigenvalue weighted by atomic mass is 32.1. The average Bonchev–Trinajstić information content (AvgIpc) is 3.01. The molecule has 3 rings (SSSR count). The Morgan fingerprint density at radius 3 is 2.55 bits per heavy atom. The van der Waals surface area contributed by atoms with Gasteiger partial charge in [-0.05, 0) is 57.7 Å². The molecule has 29 heavy (non-hydrogen) atoms. The Balaban J connectivity index is 1.77. The van der Waals surface area contributed by atoms with Crippen molar-refractivity contribution in [2.24, 2.45) is 0 Å². The summed E-state index contributed by atoms with van der Waals surface area (Å²) in [5.74, 6) is 2.61. The summed E-state index contributed by atoms with van der Waals surface area (Å²) >= 11 is 5.46. The second-order valence-electron chi connectivity index (χ2n) is 8.07. The number of piperidine rings is 1. The first kappa shape index (κ1) is 22.0. The molecule has 2 aliphatic rings. The van der Waals surface area contributed by atoms with Gasteiger partial charge in [-0.15, -0.1) is 0 Å². The number of nitrogens with one attached hydrogen (secondary N) is 2. The molecular formula is C21H36N6OS. The molecule has 2 N–H and O–H groups in total. The standard InChI is InChI=1S/C21H36N6OS/c1-17-10-5-8-14-27(17)19-16-18(26-12-6-3-4-7-13-26)23-20(24-19)25-21(29)22-11-9-15-28-2/h16-17H,3-15H2,1-2H3,(H2,22,23,24,25,29)/t17-/m1/s1. The highest BCUT2D eigenvalue weighted by Gasteiger charge is 2.22. The van der Waals surface area contributed by atoms with E-state index in [-0.39, 0.29) is 0 Å². The molecule has 8 heteroatoms. The third-order valence-corrected chi connectivity index (χ3v) is 6.01. The van der Waals surface area contributed by atoms with Crippen molar-refractivity contribution in [2.45, 2.75) is 64.3 Å². The third-order valence-electron chi connectivity index (χ3n) is 5.76. The number of nitrogens with zero attached hydrogens (tertiary/aromatic N) is 4. The lowest BCUT2D eigenvalue weighted by atomic mass is 10.0. The zero-order valence-electron chi connectivity index (χ0n) is 18.0. The predicted octanol–water partition coefficient (Wildman–Crippen LogP) is 3.56. The van der Waals surface area contributed by atoms with Crippen LogP contribution in [0.2, 0.25) is 0 Å². The van der Waals surface area contributed by atoms with Crippen molar-refractivity contribution in [1.29, 1.82) is 0 Å². The van der Waals surface area contributed by atoms with Gasteiger partial charge in [0.2, 0.25) is 5.95 Å². The minimum absolute atomic E-state index is 0.502. The van der Waals surface area contributed by atoms with Crippen LogP contribution in [0.5, 0.6) is 0 Å². The van der Waals surface area contributed by atoms with Gasteiger partial charge in [0.15, 0.2) is 5.11 Å². The molecule has 0 aliphatic carbocycles. The largest absolute Gasteiger partial charge is 0.385 e. The summed E-state index contributed by atoms with van der Waals surface area (Å²) in [5.41, 5.74) is 0. The first-order valence-electron chi connectivity index (χ1n) is 11.1. The summed E-state index contributed by atoms with van der Waals surface area (Å²) in [4.78, 5) is 14.5. The van der Waals surface area contributed by atoms with Gasteiger partial charge in [0.05, 0.1) is 0 Å². The molecule has 0 aromatic carbocycles. The number of anilines is 3. The molecular weight excluding hydrogens is 384 g/mol. The number of methoxy groups -OCH3 is 1. The fourth-order valence-corrected chi connectivity index (χ4v) is 4.28. The molecule has 1 aromatic rings. The minimum atomic E-state index is 0.502. The van der Waals surface area contributed by atoms with Gasteiger partial charge in [0.25, 0.3) is 0 Å². The van der Waals surface area contributed by atoms with E-state index in [0.29, 0.717) is 23.7 Å². The Kier molecular flexibility index (Phi) is 8.73. The molecule has 162 valence electrons. The monoisotopic (exact) mass is 420 g/mol. The van der Waals surface area contributed by atoms with Crippen molar-refractivity contribution < 1.29 is 4.74 Å². The van der Waals surface area contributed by atoms with Crippen molar-refractivity contribution in [2.75, 3.05) is 55.0 Å². The Bertz CT molecular complexity index is 650. The highest BCUT2D eigenvalue weighted by molar-refractivity contribution is 7.80. The van der Waals surface area contributed by atoms with Crippen LogP contribution in [-0.2, 0) is 4.74 Å². The average molecular weight is 421 g/mol. The van der Waals surface area contributed by atoms with E-state index in [1.54, 1.807) is 7.11 Å². The fraction of sp³-hybridized carbons (Fsp3) is 0.762. The number of ether oxygens (including phenoxy) is 1. The molecule has 3 heterocycles. The molecule has 0 saturated carbocycles. The van der Waals surface area contributed by atoms with Crippen molar-refractivity contribution in [3.8, 4) is 0 Å². The maximum Gasteiger partial charge on any atom is 0.232 e. The normalized spacial score (nSPS) is 20.3. The molecule has 0 unspecified atom stereocenters. The number of rotatable bonds is 7. The van der Waals surface area contributed by atoms with Crippen LogP contribution in [0.3, 0.4) is 0 Å². The number of aromatic nitrogens is 2. The van der Waals surface area contributed by atoms with E-state index in [9.17, 15) is 0 Å². The second kappa shape index (κ2) is 11.5. The summed E-state index contributed by atoms with van der Waals surface area (Å²) in [6.45, 7) is 6.95. The van der Waals surface area contributed by atoms with E-state index in [0.717, 1.165) is 44.2 Å². The van der Waals surface area contributed by atoms with Crippen molar-refractivity contribution in [3.63, 3.8) is 0 Å². The second-order valence-corrected chi connectivity index (χ2v) is 8.48. The van der Waals surface area contributed by atoms with Gasteiger partial charge in [-0.2, -0.15) is 9.97 Å². The minimum Gasteiger partial charge on any atom is -0.385 e. The molecule has 2 fully saturated rings. The van der Waals surface area contributed by atoms with Gasteiger partial charge < -0.3 is 25.2 Å². The van der Waals surface area contributed by atoms with Gasteiger partial charge in [-0.3, -0.25) is 0 Å². The zero-order valence-corrected chi connectivity index (χ0v) is 18.8. The summed E-state index contributed by atoms with van der Waals surface area (Å²) in [5, 5.41) is 6.99. The maximum absolute atomic E-state index is 5.46. The van der Waals surface area contributed by atoms with Crippen LogP contribution < -0.4 is 20.4 Å². The van der Waals surface area contributed by atoms with E-state index < -0.39 is 0 Å². The lowest BCUT2D eigenvalue weighted by Crippen LogP contribution is -2.38. The van der Waals surface area contributed by atoms with Gasteiger partial charge in [-0.25, -0.2) is 0 Å². The van der Waals surface area contributed by atoms with Gasteiger partial charge >= 0.3 is 0 Å². The molecule has 0 radical (unpaired) electrons. The quantitative estimate of drug-likeness (QED) is 0.513. The van der Waals surface area contributed by atoms with Crippen LogP contribution in [0, 0.1) is 0 Å². The third kappa shape index (κ3) is 6.67. The van der Waals surface area contributed by atoms with Crippen LogP contribution in [-0.4, -0.2) is 61.0 Å². The fourth-order valence-electron chi connectivity index (χ4n) is 4.09. The summed E-state index contributed by atoms with van der Waals surface area (Å²) in [6.07, 6.45) is 9.69. The summed E-state index contributed by atoms with van der Waals surface area (Å²) in [7, 11) is 1.71. The van der Waals surface area contributed by atoms with Crippen LogP contribution >= 0.6 is 12.2 Å². The van der Waals surface area contributed by atoms with Crippen molar-refractivity contribution in [3.05, 3.63) is 6.07 Å². The zero-order chi connectivity index (χ0) is 20.5. The Morgan fingerprint density at radius 1 is 1.10 bits per heavy atom. The smallest absolute Gasteiger partial charge is 0.232 e. The molecule has 2 aliphatic heterocycles. The molecule has 0 spiro atoms. The predicted molar refractivity (Wildman–Crippen MR) is 124 cm³/mol. The Hall–Kier alpha value is -1.67. The number of hydrogen-bond donors (Lipinski definition) is 2. The van der Waals surface area contributed by atoms with Crippen LogP contribution in [0.4, 0.5) is 17.6 Å². The molecule has 1 aromatic heterocycles.